The van der Waals surface area contributed by atoms with Gasteiger partial charge in [-0.1, -0.05) is 73.3 Å². The molecule has 0 amide bonds. The van der Waals surface area contributed by atoms with Crippen molar-refractivity contribution in [2.45, 2.75) is 6.92 Å². The lowest BCUT2D eigenvalue weighted by Crippen LogP contribution is -1.93. The molecule has 0 aliphatic carbocycles. The molecule has 0 radical (unpaired) electrons. The van der Waals surface area contributed by atoms with Gasteiger partial charge in [0.05, 0.1) is 0 Å². The third-order valence-corrected chi connectivity index (χ3v) is 5.70. The Labute approximate surface area is 150 Å². The Morgan fingerprint density at radius 1 is 0.833 bits per heavy atom. The van der Waals surface area contributed by atoms with Crippen LogP contribution in [0.3, 0.4) is 0 Å². The zero-order valence-electron chi connectivity index (χ0n) is 13.5. The highest BCUT2D eigenvalue weighted by Crippen LogP contribution is 2.40. The van der Waals surface area contributed by atoms with E-state index < -0.39 is 0 Å². The van der Waals surface area contributed by atoms with Crippen molar-refractivity contribution in [3.8, 4) is 11.1 Å². The van der Waals surface area contributed by atoms with E-state index in [1.54, 1.807) is 0 Å². The van der Waals surface area contributed by atoms with Gasteiger partial charge in [-0.3, -0.25) is 0 Å². The summed E-state index contributed by atoms with van der Waals surface area (Å²) >= 11 is 3.77. The first-order valence-corrected chi connectivity index (χ1v) is 8.82. The van der Waals surface area contributed by atoms with Crippen LogP contribution in [0.2, 0.25) is 0 Å². The van der Waals surface area contributed by atoms with E-state index in [0.29, 0.717) is 0 Å². The second-order valence-electron chi connectivity index (χ2n) is 6.04. The minimum Gasteiger partial charge on any atom is -0.0984 e. The quantitative estimate of drug-likeness (QED) is 0.344. The second-order valence-corrected chi connectivity index (χ2v) is 6.83. The fourth-order valence-electron chi connectivity index (χ4n) is 3.46. The van der Waals surface area contributed by atoms with Crippen molar-refractivity contribution in [1.29, 1.82) is 0 Å². The molecule has 0 saturated carbocycles. The molecule has 0 heterocycles. The van der Waals surface area contributed by atoms with Crippen molar-refractivity contribution >= 4 is 43.6 Å². The molecule has 0 atom stereocenters. The Hall–Kier alpha value is -2.38. The van der Waals surface area contributed by atoms with Gasteiger partial charge in [-0.15, -0.1) is 0 Å². The van der Waals surface area contributed by atoms with Gasteiger partial charge in [0.25, 0.3) is 0 Å². The minimum atomic E-state index is 1.15. The fourth-order valence-corrected chi connectivity index (χ4v) is 4.02. The average molecular weight is 373 g/mol. The van der Waals surface area contributed by atoms with Gasteiger partial charge < -0.3 is 0 Å². The van der Waals surface area contributed by atoms with E-state index in [-0.39, 0.29) is 0 Å². The molecular weight excluding hydrogens is 356 g/mol. The van der Waals surface area contributed by atoms with E-state index in [9.17, 15) is 0 Å². The molecule has 1 heteroatoms. The summed E-state index contributed by atoms with van der Waals surface area (Å²) in [4.78, 5) is 0. The second kappa shape index (κ2) is 5.92. The molecule has 4 aromatic carbocycles. The van der Waals surface area contributed by atoms with Gasteiger partial charge in [0.15, 0.2) is 0 Å². The maximum Gasteiger partial charge on any atom is 0.0289 e. The van der Waals surface area contributed by atoms with Gasteiger partial charge in [-0.05, 0) is 72.7 Å². The molecule has 0 fully saturated rings. The number of benzene rings is 4. The van der Waals surface area contributed by atoms with E-state index >= 15 is 0 Å². The Bertz CT molecular complexity index is 1090. The van der Waals surface area contributed by atoms with Crippen LogP contribution in [0.15, 0.2) is 77.8 Å². The summed E-state index contributed by atoms with van der Waals surface area (Å²) in [6, 6.07) is 23.7. The lowest BCUT2D eigenvalue weighted by molar-refractivity contribution is 1.44. The van der Waals surface area contributed by atoms with Crippen LogP contribution in [-0.4, -0.2) is 0 Å². The summed E-state index contributed by atoms with van der Waals surface area (Å²) < 4.78 is 1.15. The first-order valence-electron chi connectivity index (χ1n) is 8.03. The third kappa shape index (κ3) is 2.28. The molecule has 24 heavy (non-hydrogen) atoms. The zero-order chi connectivity index (χ0) is 16.7. The number of halogens is 1. The standard InChI is InChI=1S/C23H17Br/c1-3-19-15(2)23(24)21-11-7-6-10-20(21)22(19)18-13-12-16-8-4-5-9-17(16)14-18/h3-14H,1H2,2H3. The highest BCUT2D eigenvalue weighted by molar-refractivity contribution is 9.10. The topological polar surface area (TPSA) is 0 Å². The predicted octanol–water partition coefficient (Wildman–Crippen LogP) is 7.37. The van der Waals surface area contributed by atoms with Crippen molar-refractivity contribution in [3.05, 3.63) is 88.9 Å². The lowest BCUT2D eigenvalue weighted by Gasteiger charge is -2.17. The number of hydrogen-bond acceptors (Lipinski definition) is 0. The molecule has 0 N–H and O–H groups in total. The molecule has 0 unspecified atom stereocenters. The third-order valence-electron chi connectivity index (χ3n) is 4.68. The molecular formula is C23H17Br. The van der Waals surface area contributed by atoms with E-state index in [1.807, 2.05) is 6.08 Å². The lowest BCUT2D eigenvalue weighted by atomic mass is 9.89. The highest BCUT2D eigenvalue weighted by atomic mass is 79.9. The van der Waals surface area contributed by atoms with Gasteiger partial charge >= 0.3 is 0 Å². The van der Waals surface area contributed by atoms with Crippen molar-refractivity contribution in [1.82, 2.24) is 0 Å². The predicted molar refractivity (Wildman–Crippen MR) is 109 cm³/mol. The Morgan fingerprint density at radius 2 is 1.50 bits per heavy atom. The molecule has 0 spiro atoms. The molecule has 0 nitrogen and oxygen atoms in total. The van der Waals surface area contributed by atoms with Crippen LogP contribution in [0.5, 0.6) is 0 Å². The first-order chi connectivity index (χ1) is 11.7. The van der Waals surface area contributed by atoms with Crippen LogP contribution in [0.4, 0.5) is 0 Å². The van der Waals surface area contributed by atoms with Crippen LogP contribution >= 0.6 is 15.9 Å². The van der Waals surface area contributed by atoms with Gasteiger partial charge in [0, 0.05) is 4.47 Å². The largest absolute Gasteiger partial charge is 0.0984 e. The van der Waals surface area contributed by atoms with Gasteiger partial charge in [0.2, 0.25) is 0 Å². The molecule has 0 bridgehead atoms. The summed E-state index contributed by atoms with van der Waals surface area (Å²) in [7, 11) is 0. The smallest absolute Gasteiger partial charge is 0.0289 e. The van der Waals surface area contributed by atoms with Crippen LogP contribution in [0.1, 0.15) is 11.1 Å². The summed E-state index contributed by atoms with van der Waals surface area (Å²) in [6.07, 6.45) is 1.97. The van der Waals surface area contributed by atoms with E-state index in [4.69, 9.17) is 0 Å². The summed E-state index contributed by atoms with van der Waals surface area (Å²) in [6.45, 7) is 6.22. The van der Waals surface area contributed by atoms with Crippen LogP contribution in [-0.2, 0) is 0 Å². The maximum atomic E-state index is 4.07. The van der Waals surface area contributed by atoms with Crippen molar-refractivity contribution in [2.24, 2.45) is 0 Å². The van der Waals surface area contributed by atoms with Crippen LogP contribution < -0.4 is 0 Å². The zero-order valence-corrected chi connectivity index (χ0v) is 15.1. The maximum absolute atomic E-state index is 4.07. The molecule has 4 rings (SSSR count). The van der Waals surface area contributed by atoms with Crippen molar-refractivity contribution in [2.75, 3.05) is 0 Å². The van der Waals surface area contributed by atoms with Gasteiger partial charge in [-0.25, -0.2) is 0 Å². The molecule has 0 saturated heterocycles. The fraction of sp³-hybridized carbons (Fsp3) is 0.0435. The Morgan fingerprint density at radius 3 is 2.25 bits per heavy atom. The Balaban J connectivity index is 2.14. The monoisotopic (exact) mass is 372 g/mol. The first kappa shape index (κ1) is 15.2. The van der Waals surface area contributed by atoms with Crippen LogP contribution in [0, 0.1) is 6.92 Å². The number of hydrogen-bond donors (Lipinski definition) is 0. The summed E-state index contributed by atoms with van der Waals surface area (Å²) in [5.41, 5.74) is 4.91. The summed E-state index contributed by atoms with van der Waals surface area (Å²) in [5.74, 6) is 0. The molecule has 0 aliphatic rings. The molecule has 0 aromatic heterocycles. The number of rotatable bonds is 2. The SMILES string of the molecule is C=Cc1c(C)c(Br)c2ccccc2c1-c1ccc2ccccc2c1. The van der Waals surface area contributed by atoms with E-state index in [1.165, 1.54) is 43.8 Å². The molecule has 4 aromatic rings. The average Bonchev–Trinajstić information content (AvgIpc) is 2.64. The Kier molecular flexibility index (Phi) is 3.74. The number of fused-ring (bicyclic) bond motifs is 2. The normalized spacial score (nSPS) is 11.1. The van der Waals surface area contributed by atoms with Gasteiger partial charge in [0.1, 0.15) is 0 Å². The minimum absolute atomic E-state index is 1.15. The van der Waals surface area contributed by atoms with E-state index in [0.717, 1.165) is 4.47 Å². The molecule has 116 valence electrons. The molecule has 0 aliphatic heterocycles. The van der Waals surface area contributed by atoms with Crippen LogP contribution in [0.25, 0.3) is 38.7 Å². The van der Waals surface area contributed by atoms with E-state index in [2.05, 4.69) is 96.2 Å². The van der Waals surface area contributed by atoms with Crippen molar-refractivity contribution < 1.29 is 0 Å². The van der Waals surface area contributed by atoms with Gasteiger partial charge in [-0.2, -0.15) is 0 Å². The van der Waals surface area contributed by atoms with Crippen molar-refractivity contribution in [3.63, 3.8) is 0 Å². The summed E-state index contributed by atoms with van der Waals surface area (Å²) in [5, 5.41) is 5.01. The highest BCUT2D eigenvalue weighted by Gasteiger charge is 2.15.